The zero-order valence-corrected chi connectivity index (χ0v) is 7.66. The van der Waals surface area contributed by atoms with Crippen molar-refractivity contribution >= 4 is 0 Å². The van der Waals surface area contributed by atoms with Crippen LogP contribution in [-0.2, 0) is 9.88 Å². The largest absolute Gasteiger partial charge is 0.218 e. The topological polar surface area (TPSA) is 44.5 Å². The van der Waals surface area contributed by atoms with Gasteiger partial charge in [0.05, 0.1) is 6.61 Å². The van der Waals surface area contributed by atoms with Crippen LogP contribution in [0.5, 0.6) is 0 Å². The van der Waals surface area contributed by atoms with Crippen molar-refractivity contribution in [2.24, 2.45) is 23.7 Å². The molecule has 2 N–H and O–H groups in total. The summed E-state index contributed by atoms with van der Waals surface area (Å²) in [5.41, 5.74) is 0. The summed E-state index contributed by atoms with van der Waals surface area (Å²) in [6.45, 7) is 0.645. The van der Waals surface area contributed by atoms with Gasteiger partial charge >= 0.3 is 0 Å². The molecule has 0 aromatic heterocycles. The lowest BCUT2D eigenvalue weighted by molar-refractivity contribution is -0.303. The maximum Gasteiger partial charge on any atom is 0.0875 e. The van der Waals surface area contributed by atoms with Crippen LogP contribution < -0.4 is 5.90 Å². The van der Waals surface area contributed by atoms with Crippen LogP contribution >= 0.6 is 0 Å². The summed E-state index contributed by atoms with van der Waals surface area (Å²) in [6, 6.07) is 0. The Hall–Kier alpha value is -0.560. The van der Waals surface area contributed by atoms with E-state index in [0.717, 1.165) is 24.7 Å². The monoisotopic (exact) mass is 181 g/mol. The fourth-order valence-electron chi connectivity index (χ4n) is 2.40. The molecule has 0 saturated heterocycles. The quantitative estimate of drug-likeness (QED) is 0.405. The van der Waals surface area contributed by atoms with E-state index in [1.54, 1.807) is 0 Å². The summed E-state index contributed by atoms with van der Waals surface area (Å²) >= 11 is 0. The van der Waals surface area contributed by atoms with E-state index in [9.17, 15) is 0 Å². The molecular formula is C10H15NO2. The molecule has 72 valence electrons. The van der Waals surface area contributed by atoms with E-state index in [0.29, 0.717) is 12.5 Å². The molecule has 3 heteroatoms. The molecule has 0 spiro atoms. The first-order valence-corrected chi connectivity index (χ1v) is 4.87. The Balaban J connectivity index is 1.79. The normalized spacial score (nSPS) is 36.5. The molecule has 0 aromatic rings. The van der Waals surface area contributed by atoms with Gasteiger partial charge in [-0.2, -0.15) is 5.90 Å². The molecule has 0 radical (unpaired) electrons. The van der Waals surface area contributed by atoms with Crippen molar-refractivity contribution in [1.29, 1.82) is 0 Å². The number of hydrogen-bond donors (Lipinski definition) is 1. The third-order valence-corrected chi connectivity index (χ3v) is 3.17. The van der Waals surface area contributed by atoms with E-state index >= 15 is 0 Å². The number of hydrogen-bond acceptors (Lipinski definition) is 3. The van der Waals surface area contributed by atoms with E-state index in [1.807, 2.05) is 0 Å². The number of nitrogens with two attached hydrogens (primary N) is 1. The molecule has 0 amide bonds. The van der Waals surface area contributed by atoms with Gasteiger partial charge in [0.2, 0.25) is 0 Å². The molecule has 13 heavy (non-hydrogen) atoms. The first-order chi connectivity index (χ1) is 6.43. The van der Waals surface area contributed by atoms with Crippen molar-refractivity contribution in [3.63, 3.8) is 0 Å². The van der Waals surface area contributed by atoms with Crippen molar-refractivity contribution < 1.29 is 9.88 Å². The maximum atomic E-state index is 4.81. The van der Waals surface area contributed by atoms with Crippen LogP contribution in [0.1, 0.15) is 25.7 Å². The lowest BCUT2D eigenvalue weighted by atomic mass is 10.1. The van der Waals surface area contributed by atoms with Crippen molar-refractivity contribution in [2.75, 3.05) is 6.61 Å². The van der Waals surface area contributed by atoms with Gasteiger partial charge in [-0.05, 0) is 30.6 Å². The Labute approximate surface area is 78.5 Å². The fraction of sp³-hybridized carbons (Fsp3) is 0.800. The molecule has 2 rings (SSSR count). The fourth-order valence-corrected chi connectivity index (χ4v) is 2.40. The highest BCUT2D eigenvalue weighted by Crippen LogP contribution is 2.52. The van der Waals surface area contributed by atoms with Crippen LogP contribution in [0.2, 0.25) is 0 Å². The highest BCUT2D eigenvalue weighted by Gasteiger charge is 2.48. The number of rotatable bonds is 3. The van der Waals surface area contributed by atoms with Gasteiger partial charge in [0.15, 0.2) is 0 Å². The lowest BCUT2D eigenvalue weighted by Gasteiger charge is -1.96. The standard InChI is InChI=1S/C10H15NO2/c11-13-12-7-10-8-5-3-1-2-4-6-9(8)10/h8-10H,3-7,11H2/t8-,9?,10?/m1/s1. The molecule has 2 unspecified atom stereocenters. The molecule has 0 aromatic carbocycles. The highest BCUT2D eigenvalue weighted by atomic mass is 17.3. The van der Waals surface area contributed by atoms with Gasteiger partial charge in [0.1, 0.15) is 0 Å². The smallest absolute Gasteiger partial charge is 0.0875 e. The predicted molar refractivity (Wildman–Crippen MR) is 47.9 cm³/mol. The van der Waals surface area contributed by atoms with E-state index in [1.165, 1.54) is 12.8 Å². The summed E-state index contributed by atoms with van der Waals surface area (Å²) in [4.78, 5) is 8.90. The Morgan fingerprint density at radius 2 is 1.77 bits per heavy atom. The molecular weight excluding hydrogens is 166 g/mol. The third kappa shape index (κ3) is 2.02. The first kappa shape index (κ1) is 9.01. The Morgan fingerprint density at radius 1 is 1.15 bits per heavy atom. The van der Waals surface area contributed by atoms with Crippen LogP contribution in [0.3, 0.4) is 0 Å². The second-order valence-electron chi connectivity index (χ2n) is 3.80. The zero-order chi connectivity index (χ0) is 9.10. The average molecular weight is 181 g/mol. The van der Waals surface area contributed by atoms with Crippen LogP contribution in [-0.4, -0.2) is 6.61 Å². The minimum absolute atomic E-state index is 0.645. The van der Waals surface area contributed by atoms with Crippen LogP contribution in [0, 0.1) is 29.6 Å². The molecule has 2 aliphatic carbocycles. The minimum Gasteiger partial charge on any atom is -0.218 e. The third-order valence-electron chi connectivity index (χ3n) is 3.17. The van der Waals surface area contributed by atoms with Gasteiger partial charge in [-0.25, -0.2) is 4.89 Å². The zero-order valence-electron chi connectivity index (χ0n) is 7.66. The van der Waals surface area contributed by atoms with E-state index in [4.69, 9.17) is 10.8 Å². The van der Waals surface area contributed by atoms with E-state index in [-0.39, 0.29) is 0 Å². The molecule has 2 aliphatic rings. The molecule has 3 atom stereocenters. The Kier molecular flexibility index (Phi) is 2.84. The highest BCUT2D eigenvalue weighted by molar-refractivity contribution is 5.07. The Morgan fingerprint density at radius 3 is 2.31 bits per heavy atom. The van der Waals surface area contributed by atoms with Crippen LogP contribution in [0.25, 0.3) is 0 Å². The van der Waals surface area contributed by atoms with Gasteiger partial charge in [-0.3, -0.25) is 0 Å². The second-order valence-corrected chi connectivity index (χ2v) is 3.80. The van der Waals surface area contributed by atoms with Gasteiger partial charge in [0, 0.05) is 12.8 Å². The summed E-state index contributed by atoms with van der Waals surface area (Å²) in [5, 5.41) is 0. The first-order valence-electron chi connectivity index (χ1n) is 4.87. The molecule has 3 nitrogen and oxygen atoms in total. The van der Waals surface area contributed by atoms with Crippen LogP contribution in [0.15, 0.2) is 0 Å². The molecule has 1 fully saturated rings. The van der Waals surface area contributed by atoms with E-state index in [2.05, 4.69) is 16.8 Å². The van der Waals surface area contributed by atoms with Gasteiger partial charge < -0.3 is 0 Å². The summed E-state index contributed by atoms with van der Waals surface area (Å²) in [5.74, 6) is 13.4. The van der Waals surface area contributed by atoms with Crippen LogP contribution in [0.4, 0.5) is 0 Å². The van der Waals surface area contributed by atoms with Gasteiger partial charge in [0.25, 0.3) is 0 Å². The molecule has 0 heterocycles. The van der Waals surface area contributed by atoms with Crippen molar-refractivity contribution in [2.45, 2.75) is 25.7 Å². The summed E-state index contributed by atoms with van der Waals surface area (Å²) < 4.78 is 0. The van der Waals surface area contributed by atoms with E-state index < -0.39 is 0 Å². The predicted octanol–water partition coefficient (Wildman–Crippen LogP) is 1.25. The van der Waals surface area contributed by atoms with Crippen molar-refractivity contribution in [1.82, 2.24) is 0 Å². The average Bonchev–Trinajstić information content (AvgIpc) is 2.72. The number of fused-ring (bicyclic) bond motifs is 1. The molecule has 0 bridgehead atoms. The van der Waals surface area contributed by atoms with Crippen molar-refractivity contribution in [3.8, 4) is 11.8 Å². The second kappa shape index (κ2) is 4.10. The maximum absolute atomic E-state index is 4.81. The summed E-state index contributed by atoms with van der Waals surface area (Å²) in [6.07, 6.45) is 4.52. The lowest BCUT2D eigenvalue weighted by Crippen LogP contribution is -2.04. The van der Waals surface area contributed by atoms with Gasteiger partial charge in [-0.15, -0.1) is 16.8 Å². The SMILES string of the molecule is NOOCC1C2CCC#CCC[C@H]21. The molecule has 1 saturated carbocycles. The Bertz CT molecular complexity index is 213. The van der Waals surface area contributed by atoms with Crippen molar-refractivity contribution in [3.05, 3.63) is 0 Å². The minimum atomic E-state index is 0.645. The molecule has 0 aliphatic heterocycles. The van der Waals surface area contributed by atoms with Gasteiger partial charge in [-0.1, -0.05) is 0 Å². The summed E-state index contributed by atoms with van der Waals surface area (Å²) in [7, 11) is 0.